The van der Waals surface area contributed by atoms with Crippen molar-refractivity contribution in [2.75, 3.05) is 13.1 Å². The van der Waals surface area contributed by atoms with Gasteiger partial charge in [0.15, 0.2) is 0 Å². The van der Waals surface area contributed by atoms with Gasteiger partial charge in [-0.15, -0.1) is 0 Å². The molecule has 1 saturated heterocycles. The van der Waals surface area contributed by atoms with Gasteiger partial charge in [0.05, 0.1) is 11.6 Å². The molecular formula is C19H20N6O. The Labute approximate surface area is 151 Å². The zero-order chi connectivity index (χ0) is 17.4. The molecule has 7 heteroatoms. The Bertz CT molecular complexity index is 883. The van der Waals surface area contributed by atoms with Crippen LogP contribution < -0.4 is 0 Å². The third-order valence-electron chi connectivity index (χ3n) is 5.71. The summed E-state index contributed by atoms with van der Waals surface area (Å²) in [6.07, 6.45) is 12.2. The molecule has 2 atom stereocenters. The second-order valence-electron chi connectivity index (χ2n) is 7.29. The molecule has 0 amide bonds. The fourth-order valence-corrected chi connectivity index (χ4v) is 4.56. The first kappa shape index (κ1) is 15.6. The van der Waals surface area contributed by atoms with Gasteiger partial charge in [0.1, 0.15) is 5.69 Å². The van der Waals surface area contributed by atoms with E-state index in [1.807, 2.05) is 18.5 Å². The molecule has 1 aliphatic heterocycles. The minimum Gasteiger partial charge on any atom is -0.338 e. The minimum absolute atomic E-state index is 0.0321. The van der Waals surface area contributed by atoms with Crippen LogP contribution in [0, 0.1) is 5.92 Å². The van der Waals surface area contributed by atoms with Crippen molar-refractivity contribution in [3.8, 4) is 11.5 Å². The summed E-state index contributed by atoms with van der Waals surface area (Å²) < 4.78 is 5.74. The van der Waals surface area contributed by atoms with Crippen LogP contribution in [0.4, 0.5) is 0 Å². The van der Waals surface area contributed by atoms with Gasteiger partial charge in [0.25, 0.3) is 0 Å². The minimum atomic E-state index is -0.0321. The van der Waals surface area contributed by atoms with E-state index in [1.165, 1.54) is 18.4 Å². The molecule has 3 aromatic rings. The molecule has 5 rings (SSSR count). The molecule has 1 saturated carbocycles. The van der Waals surface area contributed by atoms with Gasteiger partial charge < -0.3 is 4.52 Å². The molecule has 0 spiro atoms. The van der Waals surface area contributed by atoms with Gasteiger partial charge in [0.2, 0.25) is 11.7 Å². The Kier molecular flexibility index (Phi) is 3.74. The van der Waals surface area contributed by atoms with Gasteiger partial charge in [-0.05, 0) is 30.4 Å². The van der Waals surface area contributed by atoms with Crippen LogP contribution in [-0.4, -0.2) is 43.1 Å². The molecule has 0 radical (unpaired) electrons. The SMILES string of the molecule is c1cncc(CN2C[C@H]3CCC[C@@]3(c3nc(-c4cnccn4)no3)C2)c1. The van der Waals surface area contributed by atoms with E-state index >= 15 is 0 Å². The van der Waals surface area contributed by atoms with Crippen LogP contribution >= 0.6 is 0 Å². The zero-order valence-corrected chi connectivity index (χ0v) is 14.5. The van der Waals surface area contributed by atoms with Crippen LogP contribution in [0.15, 0.2) is 47.6 Å². The first-order chi connectivity index (χ1) is 12.8. The lowest BCUT2D eigenvalue weighted by Gasteiger charge is -2.24. The van der Waals surface area contributed by atoms with Crippen molar-refractivity contribution in [2.24, 2.45) is 5.92 Å². The molecular weight excluding hydrogens is 328 g/mol. The Morgan fingerprint density at radius 1 is 1.19 bits per heavy atom. The Hall–Kier alpha value is -2.67. The van der Waals surface area contributed by atoms with Crippen molar-refractivity contribution in [1.82, 2.24) is 30.0 Å². The van der Waals surface area contributed by atoms with Crippen LogP contribution in [-0.2, 0) is 12.0 Å². The average molecular weight is 348 g/mol. The topological polar surface area (TPSA) is 80.8 Å². The van der Waals surface area contributed by atoms with E-state index in [-0.39, 0.29) is 5.41 Å². The summed E-state index contributed by atoms with van der Waals surface area (Å²) in [4.78, 5) is 19.8. The van der Waals surface area contributed by atoms with Crippen molar-refractivity contribution in [1.29, 1.82) is 0 Å². The molecule has 2 aliphatic rings. The third kappa shape index (κ3) is 2.59. The second-order valence-corrected chi connectivity index (χ2v) is 7.29. The Morgan fingerprint density at radius 2 is 2.15 bits per heavy atom. The fraction of sp³-hybridized carbons (Fsp3) is 0.421. The normalized spacial score (nSPS) is 25.5. The molecule has 7 nitrogen and oxygen atoms in total. The maximum atomic E-state index is 5.74. The predicted octanol–water partition coefficient (Wildman–Crippen LogP) is 2.48. The lowest BCUT2D eigenvalue weighted by molar-refractivity contribution is 0.245. The van der Waals surface area contributed by atoms with E-state index in [2.05, 4.69) is 31.1 Å². The van der Waals surface area contributed by atoms with Crippen LogP contribution in [0.2, 0.25) is 0 Å². The predicted molar refractivity (Wildman–Crippen MR) is 93.9 cm³/mol. The van der Waals surface area contributed by atoms with Crippen LogP contribution in [0.3, 0.4) is 0 Å². The van der Waals surface area contributed by atoms with Crippen molar-refractivity contribution in [3.05, 3.63) is 54.6 Å². The smallest absolute Gasteiger partial charge is 0.234 e. The van der Waals surface area contributed by atoms with E-state index < -0.39 is 0 Å². The van der Waals surface area contributed by atoms with Crippen molar-refractivity contribution in [3.63, 3.8) is 0 Å². The fourth-order valence-electron chi connectivity index (χ4n) is 4.56. The molecule has 4 heterocycles. The summed E-state index contributed by atoms with van der Waals surface area (Å²) in [6.45, 7) is 2.93. The standard InChI is InChI=1S/C19H20N6O/c1-4-15-12-25(11-14-3-2-6-20-9-14)13-19(15,5-1)18-23-17(24-26-18)16-10-21-7-8-22-16/h2-3,6-10,15H,1,4-5,11-13H2/t15-,19-/m1/s1. The van der Waals surface area contributed by atoms with Gasteiger partial charge in [-0.25, -0.2) is 4.98 Å². The highest BCUT2D eigenvalue weighted by Crippen LogP contribution is 2.50. The van der Waals surface area contributed by atoms with Gasteiger partial charge in [-0.2, -0.15) is 4.98 Å². The number of aromatic nitrogens is 5. The molecule has 26 heavy (non-hydrogen) atoms. The van der Waals surface area contributed by atoms with Gasteiger partial charge >= 0.3 is 0 Å². The largest absolute Gasteiger partial charge is 0.338 e. The quantitative estimate of drug-likeness (QED) is 0.716. The second kappa shape index (κ2) is 6.25. The van der Waals surface area contributed by atoms with E-state index in [4.69, 9.17) is 9.51 Å². The Morgan fingerprint density at radius 3 is 3.00 bits per heavy atom. The van der Waals surface area contributed by atoms with Crippen LogP contribution in [0.5, 0.6) is 0 Å². The summed E-state index contributed by atoms with van der Waals surface area (Å²) in [5.74, 6) is 1.85. The maximum Gasteiger partial charge on any atom is 0.234 e. The van der Waals surface area contributed by atoms with E-state index in [9.17, 15) is 0 Å². The number of rotatable bonds is 4. The number of fused-ring (bicyclic) bond motifs is 1. The number of likely N-dealkylation sites (tertiary alicyclic amines) is 1. The molecule has 0 bridgehead atoms. The van der Waals surface area contributed by atoms with Gasteiger partial charge in [-0.1, -0.05) is 17.6 Å². The molecule has 2 fully saturated rings. The Balaban J connectivity index is 1.41. The summed E-state index contributed by atoms with van der Waals surface area (Å²) >= 11 is 0. The molecule has 0 aromatic carbocycles. The number of pyridine rings is 1. The number of nitrogens with zero attached hydrogens (tertiary/aromatic N) is 6. The van der Waals surface area contributed by atoms with Crippen molar-refractivity contribution in [2.45, 2.75) is 31.2 Å². The summed E-state index contributed by atoms with van der Waals surface area (Å²) in [6, 6.07) is 4.12. The first-order valence-electron chi connectivity index (χ1n) is 9.05. The summed E-state index contributed by atoms with van der Waals surface area (Å²) in [5.41, 5.74) is 1.86. The highest BCUT2D eigenvalue weighted by atomic mass is 16.5. The van der Waals surface area contributed by atoms with E-state index in [0.717, 1.165) is 31.9 Å². The molecule has 3 aromatic heterocycles. The lowest BCUT2D eigenvalue weighted by Crippen LogP contribution is -2.32. The van der Waals surface area contributed by atoms with E-state index in [1.54, 1.807) is 18.6 Å². The molecule has 1 aliphatic carbocycles. The van der Waals surface area contributed by atoms with Crippen LogP contribution in [0.1, 0.15) is 30.7 Å². The average Bonchev–Trinajstić information content (AvgIpc) is 3.37. The maximum absolute atomic E-state index is 5.74. The first-order valence-corrected chi connectivity index (χ1v) is 9.05. The van der Waals surface area contributed by atoms with E-state index in [0.29, 0.717) is 17.4 Å². The molecule has 132 valence electrons. The summed E-state index contributed by atoms with van der Waals surface area (Å²) in [5, 5.41) is 4.18. The molecule has 0 unspecified atom stereocenters. The summed E-state index contributed by atoms with van der Waals surface area (Å²) in [7, 11) is 0. The van der Waals surface area contributed by atoms with Crippen molar-refractivity contribution >= 4 is 0 Å². The molecule has 0 N–H and O–H groups in total. The third-order valence-corrected chi connectivity index (χ3v) is 5.71. The lowest BCUT2D eigenvalue weighted by atomic mass is 9.80. The van der Waals surface area contributed by atoms with Crippen LogP contribution in [0.25, 0.3) is 11.5 Å². The number of hydrogen-bond acceptors (Lipinski definition) is 7. The van der Waals surface area contributed by atoms with Gasteiger partial charge in [0, 0.05) is 44.4 Å². The van der Waals surface area contributed by atoms with Crippen molar-refractivity contribution < 1.29 is 4.52 Å². The monoisotopic (exact) mass is 348 g/mol. The number of hydrogen-bond donors (Lipinski definition) is 0. The highest BCUT2D eigenvalue weighted by Gasteiger charge is 2.54. The van der Waals surface area contributed by atoms with Gasteiger partial charge in [-0.3, -0.25) is 14.9 Å². The zero-order valence-electron chi connectivity index (χ0n) is 14.5. The highest BCUT2D eigenvalue weighted by molar-refractivity contribution is 5.46.